The Labute approximate surface area is 85.5 Å². The normalized spacial score (nSPS) is 23.9. The van der Waals surface area contributed by atoms with Crippen molar-refractivity contribution in [3.8, 4) is 0 Å². The number of likely N-dealkylation sites (N-methyl/N-ethyl adjacent to an activating group) is 1. The lowest BCUT2D eigenvalue weighted by molar-refractivity contribution is -0.135. The number of piperazine rings is 1. The molecule has 1 amide bonds. The Morgan fingerprint density at radius 2 is 2.21 bits per heavy atom. The molecule has 0 saturated carbocycles. The van der Waals surface area contributed by atoms with Gasteiger partial charge in [0.05, 0.1) is 0 Å². The van der Waals surface area contributed by atoms with Crippen LogP contribution in [0.1, 0.15) is 19.8 Å². The molecule has 1 fully saturated rings. The van der Waals surface area contributed by atoms with E-state index in [1.807, 2.05) is 4.90 Å². The predicted molar refractivity (Wildman–Crippen MR) is 55.0 cm³/mol. The molecule has 1 unspecified atom stereocenters. The van der Waals surface area contributed by atoms with Gasteiger partial charge in [-0.15, -0.1) is 0 Å². The number of aliphatic hydroxyl groups excluding tert-OH is 1. The molecule has 0 aromatic rings. The van der Waals surface area contributed by atoms with E-state index in [0.717, 1.165) is 19.6 Å². The van der Waals surface area contributed by atoms with Gasteiger partial charge >= 0.3 is 0 Å². The van der Waals surface area contributed by atoms with Crippen molar-refractivity contribution in [2.24, 2.45) is 0 Å². The third kappa shape index (κ3) is 2.96. The first kappa shape index (κ1) is 11.5. The van der Waals surface area contributed by atoms with Crippen molar-refractivity contribution in [2.45, 2.75) is 25.8 Å². The van der Waals surface area contributed by atoms with Crippen LogP contribution in [0.3, 0.4) is 0 Å². The van der Waals surface area contributed by atoms with Crippen molar-refractivity contribution >= 4 is 5.91 Å². The van der Waals surface area contributed by atoms with E-state index < -0.39 is 0 Å². The number of carbonyl (C=O) groups excluding carboxylic acids is 1. The zero-order valence-corrected chi connectivity index (χ0v) is 9.07. The Hall–Kier alpha value is -0.610. The van der Waals surface area contributed by atoms with Gasteiger partial charge in [-0.2, -0.15) is 0 Å². The molecule has 1 aliphatic rings. The second kappa shape index (κ2) is 5.32. The molecule has 0 aromatic carbocycles. The Morgan fingerprint density at radius 3 is 2.79 bits per heavy atom. The van der Waals surface area contributed by atoms with Crippen molar-refractivity contribution in [3.05, 3.63) is 0 Å². The van der Waals surface area contributed by atoms with Gasteiger partial charge in [0.15, 0.2) is 0 Å². The van der Waals surface area contributed by atoms with Crippen LogP contribution in [0.25, 0.3) is 0 Å². The highest BCUT2D eigenvalue weighted by atomic mass is 16.3. The molecule has 1 N–H and O–H groups in total. The molecule has 0 bridgehead atoms. The predicted octanol–water partition coefficient (Wildman–Crippen LogP) is -0.0786. The molecule has 4 heteroatoms. The molecule has 0 aliphatic carbocycles. The molecule has 0 aromatic heterocycles. The summed E-state index contributed by atoms with van der Waals surface area (Å²) in [5, 5.41) is 8.64. The van der Waals surface area contributed by atoms with E-state index in [-0.39, 0.29) is 12.5 Å². The van der Waals surface area contributed by atoms with E-state index in [2.05, 4.69) is 18.9 Å². The highest BCUT2D eigenvalue weighted by molar-refractivity contribution is 5.76. The van der Waals surface area contributed by atoms with Gasteiger partial charge in [-0.1, -0.05) is 0 Å². The quantitative estimate of drug-likeness (QED) is 0.693. The maximum atomic E-state index is 11.7. The zero-order chi connectivity index (χ0) is 10.6. The van der Waals surface area contributed by atoms with Crippen LogP contribution in [-0.4, -0.2) is 60.1 Å². The number of hydrogen-bond acceptors (Lipinski definition) is 3. The fraction of sp³-hybridized carbons (Fsp3) is 0.900. The minimum absolute atomic E-state index is 0.105. The van der Waals surface area contributed by atoms with Gasteiger partial charge in [0, 0.05) is 38.7 Å². The van der Waals surface area contributed by atoms with Gasteiger partial charge in [-0.3, -0.25) is 4.79 Å². The molecular weight excluding hydrogens is 180 g/mol. The molecule has 1 rings (SSSR count). The molecule has 0 spiro atoms. The van der Waals surface area contributed by atoms with Gasteiger partial charge in [-0.25, -0.2) is 0 Å². The van der Waals surface area contributed by atoms with Crippen LogP contribution in [-0.2, 0) is 4.79 Å². The molecular formula is C10H20N2O2. The lowest BCUT2D eigenvalue weighted by Gasteiger charge is -2.38. The standard InChI is InChI=1S/C10H20N2O2/c1-9-8-11(2)5-6-12(9)10(14)4-3-7-13/h9,13H,3-8H2,1-2H3. The van der Waals surface area contributed by atoms with E-state index in [1.165, 1.54) is 0 Å². The van der Waals surface area contributed by atoms with Crippen molar-refractivity contribution in [3.63, 3.8) is 0 Å². The van der Waals surface area contributed by atoms with E-state index in [4.69, 9.17) is 5.11 Å². The first-order chi connectivity index (χ1) is 6.65. The van der Waals surface area contributed by atoms with Crippen molar-refractivity contribution in [2.75, 3.05) is 33.3 Å². The van der Waals surface area contributed by atoms with Crippen molar-refractivity contribution in [1.82, 2.24) is 9.80 Å². The lowest BCUT2D eigenvalue weighted by atomic mass is 10.1. The van der Waals surface area contributed by atoms with E-state index in [0.29, 0.717) is 18.9 Å². The van der Waals surface area contributed by atoms with Crippen molar-refractivity contribution in [1.29, 1.82) is 0 Å². The molecule has 1 aliphatic heterocycles. The van der Waals surface area contributed by atoms with Crippen molar-refractivity contribution < 1.29 is 9.90 Å². The number of hydrogen-bond donors (Lipinski definition) is 1. The van der Waals surface area contributed by atoms with Gasteiger partial charge in [-0.05, 0) is 20.4 Å². The van der Waals surface area contributed by atoms with Crippen LogP contribution in [0.4, 0.5) is 0 Å². The van der Waals surface area contributed by atoms with E-state index >= 15 is 0 Å². The van der Waals surface area contributed by atoms with Gasteiger partial charge in [0.25, 0.3) is 0 Å². The van der Waals surface area contributed by atoms with Crippen LogP contribution in [0.5, 0.6) is 0 Å². The molecule has 14 heavy (non-hydrogen) atoms. The Morgan fingerprint density at radius 1 is 1.50 bits per heavy atom. The molecule has 4 nitrogen and oxygen atoms in total. The number of carbonyl (C=O) groups is 1. The molecule has 1 atom stereocenters. The molecule has 0 radical (unpaired) electrons. The van der Waals surface area contributed by atoms with Crippen LogP contribution in [0, 0.1) is 0 Å². The second-order valence-corrected chi connectivity index (χ2v) is 4.03. The van der Waals surface area contributed by atoms with Crippen LogP contribution < -0.4 is 0 Å². The molecule has 82 valence electrons. The zero-order valence-electron chi connectivity index (χ0n) is 9.07. The Balaban J connectivity index is 2.39. The summed E-state index contributed by atoms with van der Waals surface area (Å²) >= 11 is 0. The second-order valence-electron chi connectivity index (χ2n) is 4.03. The van der Waals surface area contributed by atoms with Gasteiger partial charge < -0.3 is 14.9 Å². The number of nitrogens with zero attached hydrogens (tertiary/aromatic N) is 2. The summed E-state index contributed by atoms with van der Waals surface area (Å²) in [4.78, 5) is 15.8. The monoisotopic (exact) mass is 200 g/mol. The summed E-state index contributed by atoms with van der Waals surface area (Å²) in [5.41, 5.74) is 0. The number of rotatable bonds is 3. The fourth-order valence-corrected chi connectivity index (χ4v) is 1.88. The smallest absolute Gasteiger partial charge is 0.222 e. The third-order valence-electron chi connectivity index (χ3n) is 2.70. The molecule has 1 heterocycles. The highest BCUT2D eigenvalue weighted by Crippen LogP contribution is 2.10. The SMILES string of the molecule is CC1CN(C)CCN1C(=O)CCCO. The number of aliphatic hydroxyl groups is 1. The Kier molecular flexibility index (Phi) is 4.35. The van der Waals surface area contributed by atoms with Crippen LogP contribution in [0.2, 0.25) is 0 Å². The average molecular weight is 200 g/mol. The summed E-state index contributed by atoms with van der Waals surface area (Å²) in [7, 11) is 2.08. The minimum atomic E-state index is 0.105. The van der Waals surface area contributed by atoms with Crippen LogP contribution in [0.15, 0.2) is 0 Å². The number of amides is 1. The first-order valence-electron chi connectivity index (χ1n) is 5.24. The van der Waals surface area contributed by atoms with E-state index in [9.17, 15) is 4.79 Å². The minimum Gasteiger partial charge on any atom is -0.396 e. The first-order valence-corrected chi connectivity index (χ1v) is 5.24. The van der Waals surface area contributed by atoms with Crippen LogP contribution >= 0.6 is 0 Å². The fourth-order valence-electron chi connectivity index (χ4n) is 1.88. The molecule has 1 saturated heterocycles. The highest BCUT2D eigenvalue weighted by Gasteiger charge is 2.24. The average Bonchev–Trinajstić information content (AvgIpc) is 2.14. The van der Waals surface area contributed by atoms with Gasteiger partial charge in [0.1, 0.15) is 0 Å². The summed E-state index contributed by atoms with van der Waals surface area (Å²) < 4.78 is 0. The summed E-state index contributed by atoms with van der Waals surface area (Å²) in [6, 6.07) is 0.306. The summed E-state index contributed by atoms with van der Waals surface area (Å²) in [5.74, 6) is 0.180. The van der Waals surface area contributed by atoms with E-state index in [1.54, 1.807) is 0 Å². The topological polar surface area (TPSA) is 43.8 Å². The maximum Gasteiger partial charge on any atom is 0.222 e. The lowest BCUT2D eigenvalue weighted by Crippen LogP contribution is -2.52. The third-order valence-corrected chi connectivity index (χ3v) is 2.70. The Bertz CT molecular complexity index is 197. The summed E-state index contributed by atoms with van der Waals surface area (Å²) in [6.07, 6.45) is 1.06. The largest absolute Gasteiger partial charge is 0.396 e. The maximum absolute atomic E-state index is 11.7. The summed E-state index contributed by atoms with van der Waals surface area (Å²) in [6.45, 7) is 4.91. The van der Waals surface area contributed by atoms with Gasteiger partial charge in [0.2, 0.25) is 5.91 Å².